The van der Waals surface area contributed by atoms with E-state index in [2.05, 4.69) is 34.6 Å². The molecule has 0 radical (unpaired) electrons. The van der Waals surface area contributed by atoms with Crippen molar-refractivity contribution in [3.63, 3.8) is 0 Å². The number of methoxy groups -OCH3 is 1. The Kier molecular flexibility index (Phi) is 7.17. The maximum atomic E-state index is 13.9. The number of amides is 2. The van der Waals surface area contributed by atoms with Crippen LogP contribution >= 0.6 is 0 Å². The van der Waals surface area contributed by atoms with Crippen molar-refractivity contribution in [1.82, 2.24) is 28.7 Å². The first-order valence-corrected chi connectivity index (χ1v) is 17.5. The first kappa shape index (κ1) is 30.4. The quantitative estimate of drug-likeness (QED) is 0.298. The molecule has 2 N–H and O–H groups in total. The highest BCUT2D eigenvalue weighted by atomic mass is 16.5. The highest BCUT2D eigenvalue weighted by Gasteiger charge is 2.43. The number of aromatic nitrogens is 4. The Morgan fingerprint density at radius 1 is 1.00 bits per heavy atom. The number of hydrogen-bond acceptors (Lipinski definition) is 6. The highest BCUT2D eigenvalue weighted by molar-refractivity contribution is 5.96. The zero-order valence-electron chi connectivity index (χ0n) is 28.3. The average Bonchev–Trinajstić information content (AvgIpc) is 3.33. The number of carbonyl (C=O) groups excluding carboxylic acids is 2. The van der Waals surface area contributed by atoms with E-state index in [1.807, 2.05) is 42.2 Å². The third-order valence-corrected chi connectivity index (χ3v) is 11.1. The summed E-state index contributed by atoms with van der Waals surface area (Å²) in [5, 5.41) is 1.09. The van der Waals surface area contributed by atoms with Crippen molar-refractivity contribution in [2.75, 3.05) is 20.2 Å². The summed E-state index contributed by atoms with van der Waals surface area (Å²) in [6.45, 7) is 10.4. The smallest absolute Gasteiger partial charge is 0.254 e. The number of fused-ring (bicyclic) bond motifs is 4. The number of ether oxygens (including phenoxy) is 1. The van der Waals surface area contributed by atoms with Gasteiger partial charge in [-0.05, 0) is 82.1 Å². The van der Waals surface area contributed by atoms with Gasteiger partial charge in [-0.1, -0.05) is 20.8 Å². The van der Waals surface area contributed by atoms with Gasteiger partial charge in [-0.25, -0.2) is 9.97 Å². The maximum Gasteiger partial charge on any atom is 0.254 e. The molecule has 2 unspecified atom stereocenters. The number of nitrogens with two attached hydrogens (primary N) is 1. The lowest BCUT2D eigenvalue weighted by Crippen LogP contribution is -2.50. The van der Waals surface area contributed by atoms with Crippen LogP contribution in [0.1, 0.15) is 93.4 Å². The molecule has 7 heterocycles. The minimum atomic E-state index is -0.385. The molecule has 248 valence electrons. The van der Waals surface area contributed by atoms with E-state index in [9.17, 15) is 9.59 Å². The number of nitrogens with zero attached hydrogens (tertiary/aromatic N) is 6. The molecule has 3 saturated heterocycles. The van der Waals surface area contributed by atoms with Crippen molar-refractivity contribution in [2.45, 2.75) is 103 Å². The zero-order valence-corrected chi connectivity index (χ0v) is 28.3. The molecule has 1 aliphatic carbocycles. The van der Waals surface area contributed by atoms with Gasteiger partial charge in [0.05, 0.1) is 18.5 Å². The lowest BCUT2D eigenvalue weighted by atomic mass is 9.95. The van der Waals surface area contributed by atoms with Crippen LogP contribution in [0.4, 0.5) is 0 Å². The van der Waals surface area contributed by atoms with Crippen molar-refractivity contribution >= 4 is 28.5 Å². The molecule has 4 aromatic rings. The normalized spacial score (nSPS) is 24.6. The van der Waals surface area contributed by atoms with Gasteiger partial charge in [0.25, 0.3) is 5.91 Å². The largest absolute Gasteiger partial charge is 0.482 e. The third-order valence-electron chi connectivity index (χ3n) is 11.1. The Hall–Kier alpha value is -3.92. The Morgan fingerprint density at radius 3 is 2.43 bits per heavy atom. The fraction of sp³-hybridized carbons (Fsp3) is 0.568. The average molecular weight is 638 g/mol. The molecular formula is C37H47N7O3. The second-order valence-electron chi connectivity index (χ2n) is 15.6. The van der Waals surface area contributed by atoms with Gasteiger partial charge in [-0.2, -0.15) is 0 Å². The third kappa shape index (κ3) is 5.19. The fourth-order valence-electron chi connectivity index (χ4n) is 8.46. The number of rotatable bonds is 6. The maximum absolute atomic E-state index is 13.9. The van der Waals surface area contributed by atoms with Gasteiger partial charge >= 0.3 is 0 Å². The molecule has 8 rings (SSSR count). The van der Waals surface area contributed by atoms with Crippen LogP contribution in [0.5, 0.6) is 5.88 Å². The van der Waals surface area contributed by atoms with Gasteiger partial charge < -0.3 is 24.8 Å². The van der Waals surface area contributed by atoms with Crippen LogP contribution in [0.2, 0.25) is 0 Å². The Morgan fingerprint density at radius 2 is 1.74 bits per heavy atom. The molecule has 2 amide bonds. The molecule has 10 heteroatoms. The SMILES string of the molecule is COc1cc(C(=O)N2[C@@H]3CC[C@H]2CC(N)C3)cc2nc(-c3cc4ccc(C5CCN(C(=O)C(C)(C)C)C5)nc4n3CC3CC3)c(C)n12. The van der Waals surface area contributed by atoms with E-state index in [4.69, 9.17) is 20.4 Å². The summed E-state index contributed by atoms with van der Waals surface area (Å²) in [6.07, 6.45) is 7.13. The summed E-state index contributed by atoms with van der Waals surface area (Å²) in [5.74, 6) is 1.70. The fourth-order valence-corrected chi connectivity index (χ4v) is 8.46. The topological polar surface area (TPSA) is 111 Å². The lowest BCUT2D eigenvalue weighted by Gasteiger charge is -2.37. The van der Waals surface area contributed by atoms with Crippen LogP contribution in [-0.2, 0) is 11.3 Å². The monoisotopic (exact) mass is 637 g/mol. The Bertz CT molecular complexity index is 1880. The molecule has 4 fully saturated rings. The molecule has 4 atom stereocenters. The lowest BCUT2D eigenvalue weighted by molar-refractivity contribution is -0.138. The highest BCUT2D eigenvalue weighted by Crippen LogP contribution is 2.40. The molecule has 47 heavy (non-hydrogen) atoms. The number of aryl methyl sites for hydroxylation is 1. The molecule has 3 aliphatic heterocycles. The number of imidazole rings is 1. The summed E-state index contributed by atoms with van der Waals surface area (Å²) in [6, 6.07) is 10.9. The first-order chi connectivity index (χ1) is 22.5. The van der Waals surface area contributed by atoms with Gasteiger partial charge in [-0.3, -0.25) is 14.0 Å². The summed E-state index contributed by atoms with van der Waals surface area (Å²) in [5.41, 5.74) is 12.1. The molecule has 2 bridgehead atoms. The van der Waals surface area contributed by atoms with Crippen LogP contribution in [0.3, 0.4) is 0 Å². The van der Waals surface area contributed by atoms with Crippen LogP contribution in [0.15, 0.2) is 30.3 Å². The molecule has 4 aliphatic rings. The van der Waals surface area contributed by atoms with Crippen molar-refractivity contribution in [2.24, 2.45) is 17.1 Å². The molecule has 1 saturated carbocycles. The standard InChI is InChI=1S/C37H47N7O3/c1-21-33(40-31-15-25(16-32(47-5)43(21)31)35(45)44-27-9-10-28(44)18-26(38)17-27)30-14-23-8-11-29(39-34(23)42(30)19-22-6-7-22)24-12-13-41(20-24)36(46)37(2,3)4/h8,11,14-16,22,24,26-28H,6-7,9-10,12-13,17-20,38H2,1-5H3/t24?,26?,27-,28+. The van der Waals surface area contributed by atoms with E-state index < -0.39 is 0 Å². The van der Waals surface area contributed by atoms with E-state index >= 15 is 0 Å². The summed E-state index contributed by atoms with van der Waals surface area (Å²) in [4.78, 5) is 41.5. The van der Waals surface area contributed by atoms with Crippen molar-refractivity contribution in [1.29, 1.82) is 0 Å². The first-order valence-electron chi connectivity index (χ1n) is 17.5. The molecule has 4 aromatic heterocycles. The molecular weight excluding hydrogens is 590 g/mol. The Balaban J connectivity index is 1.17. The number of likely N-dealkylation sites (tertiary alicyclic amines) is 1. The van der Waals surface area contributed by atoms with Gasteiger partial charge in [0, 0.05) is 71.8 Å². The zero-order chi connectivity index (χ0) is 32.8. The van der Waals surface area contributed by atoms with E-state index in [1.165, 1.54) is 12.8 Å². The van der Waals surface area contributed by atoms with Crippen LogP contribution in [0, 0.1) is 18.3 Å². The Labute approximate surface area is 276 Å². The molecule has 0 aromatic carbocycles. The minimum Gasteiger partial charge on any atom is -0.482 e. The summed E-state index contributed by atoms with van der Waals surface area (Å²) in [7, 11) is 1.65. The number of carbonyl (C=O) groups is 2. The minimum absolute atomic E-state index is 0.0432. The van der Waals surface area contributed by atoms with Crippen molar-refractivity contribution < 1.29 is 14.3 Å². The molecule has 10 nitrogen and oxygen atoms in total. The van der Waals surface area contributed by atoms with E-state index in [0.29, 0.717) is 29.6 Å². The second kappa shape index (κ2) is 11.1. The predicted octanol–water partition coefficient (Wildman–Crippen LogP) is 5.53. The number of hydrogen-bond donors (Lipinski definition) is 1. The van der Waals surface area contributed by atoms with Crippen molar-refractivity contribution in [3.8, 4) is 17.3 Å². The van der Waals surface area contributed by atoms with E-state index in [0.717, 1.165) is 79.0 Å². The predicted molar refractivity (Wildman–Crippen MR) is 182 cm³/mol. The van der Waals surface area contributed by atoms with Gasteiger partial charge in [0.15, 0.2) is 5.88 Å². The van der Waals surface area contributed by atoms with Crippen LogP contribution < -0.4 is 10.5 Å². The second-order valence-corrected chi connectivity index (χ2v) is 15.6. The summed E-state index contributed by atoms with van der Waals surface area (Å²) < 4.78 is 10.3. The van der Waals surface area contributed by atoms with Crippen molar-refractivity contribution in [3.05, 3.63) is 47.3 Å². The number of pyridine rings is 2. The van der Waals surface area contributed by atoms with Gasteiger partial charge in [-0.15, -0.1) is 0 Å². The van der Waals surface area contributed by atoms with Gasteiger partial charge in [0.1, 0.15) is 17.0 Å². The molecule has 0 spiro atoms. The summed E-state index contributed by atoms with van der Waals surface area (Å²) >= 11 is 0. The van der Waals surface area contributed by atoms with Crippen LogP contribution in [0.25, 0.3) is 28.1 Å². The number of piperidine rings is 1. The van der Waals surface area contributed by atoms with Crippen LogP contribution in [-0.4, -0.2) is 78.9 Å². The van der Waals surface area contributed by atoms with Gasteiger partial charge in [0.2, 0.25) is 5.91 Å². The van der Waals surface area contributed by atoms with E-state index in [-0.39, 0.29) is 41.3 Å². The van der Waals surface area contributed by atoms with E-state index in [1.54, 1.807) is 7.11 Å².